The van der Waals surface area contributed by atoms with Crippen LogP contribution >= 0.6 is 11.6 Å². The van der Waals surface area contributed by atoms with Gasteiger partial charge in [-0.15, -0.1) is 0 Å². The predicted octanol–water partition coefficient (Wildman–Crippen LogP) is 2.57. The molecule has 25 heavy (non-hydrogen) atoms. The van der Waals surface area contributed by atoms with Gasteiger partial charge in [-0.3, -0.25) is 14.3 Å². The number of carbonyl (C=O) groups is 1. The van der Waals surface area contributed by atoms with Gasteiger partial charge in [-0.25, -0.2) is 0 Å². The maximum atomic E-state index is 12.7. The highest BCUT2D eigenvalue weighted by molar-refractivity contribution is 6.31. The molecule has 2 heterocycles. The Hall–Kier alpha value is -2.60. The lowest BCUT2D eigenvalue weighted by molar-refractivity contribution is -0.124. The minimum Gasteiger partial charge on any atom is -0.350 e. The van der Waals surface area contributed by atoms with Gasteiger partial charge in [0, 0.05) is 30.2 Å². The standard InChI is InChI=1S/C18H19ClN4O2/c1-11-14-8-9-23(18(25)16(14)22(3)21-11)12(2)17(24)20-10-13-6-4-5-7-15(13)19/h4-9,12H,10H2,1-3H3,(H,20,24). The van der Waals surface area contributed by atoms with E-state index in [-0.39, 0.29) is 11.5 Å². The third-order valence-electron chi connectivity index (χ3n) is 4.32. The molecule has 0 aliphatic heterocycles. The van der Waals surface area contributed by atoms with Crippen LogP contribution in [0.15, 0.2) is 41.3 Å². The van der Waals surface area contributed by atoms with Crippen molar-refractivity contribution in [2.24, 2.45) is 7.05 Å². The van der Waals surface area contributed by atoms with E-state index in [1.165, 1.54) is 4.57 Å². The lowest BCUT2D eigenvalue weighted by Crippen LogP contribution is -2.35. The first-order chi connectivity index (χ1) is 11.9. The number of nitrogens with zero attached hydrogens (tertiary/aromatic N) is 3. The number of amides is 1. The Balaban J connectivity index is 1.84. The summed E-state index contributed by atoms with van der Waals surface area (Å²) in [6.07, 6.45) is 1.64. The van der Waals surface area contributed by atoms with E-state index >= 15 is 0 Å². The van der Waals surface area contributed by atoms with Crippen LogP contribution in [0.1, 0.15) is 24.2 Å². The summed E-state index contributed by atoms with van der Waals surface area (Å²) in [4.78, 5) is 25.2. The molecule has 0 spiro atoms. The lowest BCUT2D eigenvalue weighted by Gasteiger charge is -2.16. The number of hydrogen-bond acceptors (Lipinski definition) is 3. The Morgan fingerprint density at radius 2 is 2.04 bits per heavy atom. The molecule has 2 aromatic heterocycles. The number of pyridine rings is 1. The van der Waals surface area contributed by atoms with Crippen LogP contribution in [0.3, 0.4) is 0 Å². The van der Waals surface area contributed by atoms with Crippen LogP contribution in [0.5, 0.6) is 0 Å². The van der Waals surface area contributed by atoms with Gasteiger partial charge in [-0.05, 0) is 31.5 Å². The molecule has 7 heteroatoms. The molecule has 1 unspecified atom stereocenters. The number of aromatic nitrogens is 3. The fraction of sp³-hybridized carbons (Fsp3) is 0.278. The van der Waals surface area contributed by atoms with Crippen molar-refractivity contribution in [2.45, 2.75) is 26.4 Å². The molecule has 0 saturated heterocycles. The highest BCUT2D eigenvalue weighted by atomic mass is 35.5. The SMILES string of the molecule is Cc1nn(C)c2c(=O)n(C(C)C(=O)NCc3ccccc3Cl)ccc12. The summed E-state index contributed by atoms with van der Waals surface area (Å²) in [5.74, 6) is -0.250. The van der Waals surface area contributed by atoms with Crippen LogP contribution < -0.4 is 10.9 Å². The lowest BCUT2D eigenvalue weighted by atomic mass is 10.2. The van der Waals surface area contributed by atoms with E-state index in [0.717, 1.165) is 16.6 Å². The summed E-state index contributed by atoms with van der Waals surface area (Å²) in [7, 11) is 1.73. The van der Waals surface area contributed by atoms with Gasteiger partial charge >= 0.3 is 0 Å². The minimum atomic E-state index is -0.644. The molecule has 3 rings (SSSR count). The van der Waals surface area contributed by atoms with Crippen molar-refractivity contribution >= 4 is 28.4 Å². The smallest absolute Gasteiger partial charge is 0.277 e. The predicted molar refractivity (Wildman–Crippen MR) is 97.7 cm³/mol. The molecule has 1 amide bonds. The number of carbonyl (C=O) groups excluding carboxylic acids is 1. The van der Waals surface area contributed by atoms with Crippen molar-refractivity contribution in [1.82, 2.24) is 19.7 Å². The molecule has 0 aliphatic carbocycles. The topological polar surface area (TPSA) is 68.9 Å². The number of benzene rings is 1. The van der Waals surface area contributed by atoms with E-state index < -0.39 is 6.04 Å². The maximum Gasteiger partial charge on any atom is 0.277 e. The summed E-state index contributed by atoms with van der Waals surface area (Å²) in [5, 5.41) is 8.49. The van der Waals surface area contributed by atoms with Crippen LogP contribution in [-0.4, -0.2) is 20.3 Å². The molecule has 0 radical (unpaired) electrons. The summed E-state index contributed by atoms with van der Waals surface area (Å²) < 4.78 is 2.98. The molecule has 3 aromatic rings. The Morgan fingerprint density at radius 3 is 2.76 bits per heavy atom. The molecular formula is C18H19ClN4O2. The zero-order chi connectivity index (χ0) is 18.1. The van der Waals surface area contributed by atoms with Gasteiger partial charge in [0.15, 0.2) is 0 Å². The van der Waals surface area contributed by atoms with E-state index in [9.17, 15) is 9.59 Å². The van der Waals surface area contributed by atoms with Crippen molar-refractivity contribution in [3.63, 3.8) is 0 Å². The van der Waals surface area contributed by atoms with Gasteiger partial charge in [0.2, 0.25) is 5.91 Å². The van der Waals surface area contributed by atoms with E-state index in [1.807, 2.05) is 31.2 Å². The summed E-state index contributed by atoms with van der Waals surface area (Å²) >= 11 is 6.10. The van der Waals surface area contributed by atoms with Gasteiger partial charge < -0.3 is 9.88 Å². The monoisotopic (exact) mass is 358 g/mol. The van der Waals surface area contributed by atoms with Crippen molar-refractivity contribution in [2.75, 3.05) is 0 Å². The van der Waals surface area contributed by atoms with E-state index in [1.54, 1.807) is 30.9 Å². The van der Waals surface area contributed by atoms with E-state index in [4.69, 9.17) is 11.6 Å². The van der Waals surface area contributed by atoms with Crippen LogP contribution in [-0.2, 0) is 18.4 Å². The Bertz CT molecular complexity index is 1010. The molecule has 1 aromatic carbocycles. The van der Waals surface area contributed by atoms with Crippen molar-refractivity contribution < 1.29 is 4.79 Å². The molecule has 0 fully saturated rings. The zero-order valence-corrected chi connectivity index (χ0v) is 15.0. The molecule has 0 bridgehead atoms. The Morgan fingerprint density at radius 1 is 1.32 bits per heavy atom. The zero-order valence-electron chi connectivity index (χ0n) is 14.3. The van der Waals surface area contributed by atoms with Crippen LogP contribution in [0.25, 0.3) is 10.9 Å². The molecular weight excluding hydrogens is 340 g/mol. The minimum absolute atomic E-state index is 0.235. The fourth-order valence-electron chi connectivity index (χ4n) is 2.88. The van der Waals surface area contributed by atoms with Crippen LogP contribution in [0.4, 0.5) is 0 Å². The van der Waals surface area contributed by atoms with Gasteiger partial charge in [-0.2, -0.15) is 5.10 Å². The van der Waals surface area contributed by atoms with E-state index in [0.29, 0.717) is 17.1 Å². The molecule has 6 nitrogen and oxygen atoms in total. The Kier molecular flexibility index (Phi) is 4.63. The average molecular weight is 359 g/mol. The summed E-state index contributed by atoms with van der Waals surface area (Å²) in [6.45, 7) is 3.86. The number of hydrogen-bond donors (Lipinski definition) is 1. The van der Waals surface area contributed by atoms with Crippen molar-refractivity contribution in [1.29, 1.82) is 0 Å². The number of fused-ring (bicyclic) bond motifs is 1. The second-order valence-electron chi connectivity index (χ2n) is 5.98. The Labute approximate surface area is 150 Å². The average Bonchev–Trinajstić information content (AvgIpc) is 2.88. The van der Waals surface area contributed by atoms with Gasteiger partial charge in [0.05, 0.1) is 5.69 Å². The number of aryl methyl sites for hydroxylation is 2. The van der Waals surface area contributed by atoms with Gasteiger partial charge in [0.25, 0.3) is 5.56 Å². The van der Waals surface area contributed by atoms with E-state index in [2.05, 4.69) is 10.4 Å². The van der Waals surface area contributed by atoms with Crippen molar-refractivity contribution in [3.8, 4) is 0 Å². The second kappa shape index (κ2) is 6.72. The van der Waals surface area contributed by atoms with Crippen LogP contribution in [0, 0.1) is 6.92 Å². The third kappa shape index (κ3) is 3.17. The largest absolute Gasteiger partial charge is 0.350 e. The first-order valence-corrected chi connectivity index (χ1v) is 8.33. The summed E-state index contributed by atoms with van der Waals surface area (Å²) in [5.41, 5.74) is 1.87. The highest BCUT2D eigenvalue weighted by Crippen LogP contribution is 2.16. The molecule has 1 N–H and O–H groups in total. The number of nitrogens with one attached hydrogen (secondary N) is 1. The fourth-order valence-corrected chi connectivity index (χ4v) is 3.08. The molecule has 0 saturated carbocycles. The molecule has 0 aliphatic rings. The molecule has 1 atom stereocenters. The van der Waals surface area contributed by atoms with Crippen LogP contribution in [0.2, 0.25) is 5.02 Å². The highest BCUT2D eigenvalue weighted by Gasteiger charge is 2.19. The first kappa shape index (κ1) is 17.2. The normalized spacial score (nSPS) is 12.3. The summed E-state index contributed by atoms with van der Waals surface area (Å²) in [6, 6.07) is 8.49. The second-order valence-corrected chi connectivity index (χ2v) is 6.39. The third-order valence-corrected chi connectivity index (χ3v) is 4.68. The van der Waals surface area contributed by atoms with Gasteiger partial charge in [0.1, 0.15) is 11.6 Å². The maximum absolute atomic E-state index is 12.7. The number of rotatable bonds is 4. The van der Waals surface area contributed by atoms with Crippen molar-refractivity contribution in [3.05, 3.63) is 63.2 Å². The van der Waals surface area contributed by atoms with Gasteiger partial charge in [-0.1, -0.05) is 29.8 Å². The first-order valence-electron chi connectivity index (χ1n) is 7.95. The number of halogens is 1. The molecule has 130 valence electrons. The quantitative estimate of drug-likeness (QED) is 0.779.